The summed E-state index contributed by atoms with van der Waals surface area (Å²) in [5, 5.41) is 3.38. The highest BCUT2D eigenvalue weighted by atomic mass is 16.5. The number of imidazole rings is 1. The monoisotopic (exact) mass is 347 g/mol. The van der Waals surface area contributed by atoms with Crippen LogP contribution in [-0.4, -0.2) is 37.9 Å². The number of aryl methyl sites for hydroxylation is 1. The molecule has 2 aromatic rings. The third kappa shape index (κ3) is 3.26. The number of allylic oxidation sites excluding steroid dienone is 2. The Labute approximate surface area is 145 Å². The van der Waals surface area contributed by atoms with Gasteiger partial charge in [-0.25, -0.2) is 4.79 Å². The maximum Gasteiger partial charge on any atom is 0.332 e. The molecule has 3 heterocycles. The van der Waals surface area contributed by atoms with E-state index in [0.717, 1.165) is 29.5 Å². The van der Waals surface area contributed by atoms with E-state index < -0.39 is 5.69 Å². The largest absolute Gasteiger partial charge is 0.463 e. The van der Waals surface area contributed by atoms with Crippen molar-refractivity contribution in [3.8, 4) is 6.01 Å². The summed E-state index contributed by atoms with van der Waals surface area (Å²) in [5.41, 5.74) is 1.11. The molecule has 0 unspecified atom stereocenters. The minimum absolute atomic E-state index is 0.295. The van der Waals surface area contributed by atoms with E-state index in [-0.39, 0.29) is 5.56 Å². The predicted molar refractivity (Wildman–Crippen MR) is 96.2 cm³/mol. The SMILES string of the molecule is CC(C)=CCn1c(OC[C@@H]2CCCN2)nc2c1c(=O)n(C)c(=O)n2C. The van der Waals surface area contributed by atoms with Gasteiger partial charge in [-0.3, -0.25) is 18.5 Å². The zero-order chi connectivity index (χ0) is 18.1. The van der Waals surface area contributed by atoms with E-state index in [4.69, 9.17) is 4.74 Å². The van der Waals surface area contributed by atoms with Crippen molar-refractivity contribution >= 4 is 11.2 Å². The lowest BCUT2D eigenvalue weighted by molar-refractivity contribution is 0.249. The number of ether oxygens (including phenoxy) is 1. The van der Waals surface area contributed by atoms with Gasteiger partial charge in [0.2, 0.25) is 0 Å². The molecule has 8 nitrogen and oxygen atoms in total. The van der Waals surface area contributed by atoms with Crippen molar-refractivity contribution in [3.05, 3.63) is 32.5 Å². The lowest BCUT2D eigenvalue weighted by atomic mass is 10.2. The molecular weight excluding hydrogens is 322 g/mol. The lowest BCUT2D eigenvalue weighted by Crippen LogP contribution is -2.37. The van der Waals surface area contributed by atoms with Crippen molar-refractivity contribution in [3.63, 3.8) is 0 Å². The number of hydrogen-bond acceptors (Lipinski definition) is 5. The minimum Gasteiger partial charge on any atom is -0.463 e. The van der Waals surface area contributed by atoms with Crippen LogP contribution >= 0.6 is 0 Å². The first kappa shape index (κ1) is 17.5. The van der Waals surface area contributed by atoms with E-state index in [0.29, 0.717) is 36.4 Å². The molecule has 0 aromatic carbocycles. The van der Waals surface area contributed by atoms with Crippen LogP contribution in [0.15, 0.2) is 21.2 Å². The second-order valence-corrected chi connectivity index (χ2v) is 6.77. The number of hydrogen-bond donors (Lipinski definition) is 1. The van der Waals surface area contributed by atoms with Crippen molar-refractivity contribution in [1.82, 2.24) is 24.0 Å². The second-order valence-electron chi connectivity index (χ2n) is 6.77. The Kier molecular flexibility index (Phi) is 4.80. The van der Waals surface area contributed by atoms with Crippen LogP contribution in [0.1, 0.15) is 26.7 Å². The minimum atomic E-state index is -0.395. The third-order valence-corrected chi connectivity index (χ3v) is 4.57. The first-order valence-electron chi connectivity index (χ1n) is 8.56. The van der Waals surface area contributed by atoms with Gasteiger partial charge in [0.05, 0.1) is 0 Å². The maximum atomic E-state index is 12.6. The quantitative estimate of drug-likeness (QED) is 0.798. The molecule has 1 fully saturated rings. The van der Waals surface area contributed by atoms with E-state index in [1.807, 2.05) is 19.9 Å². The fourth-order valence-corrected chi connectivity index (χ4v) is 3.05. The predicted octanol–water partition coefficient (Wildman–Crippen LogP) is 0.531. The zero-order valence-electron chi connectivity index (χ0n) is 15.2. The molecule has 1 atom stereocenters. The van der Waals surface area contributed by atoms with Gasteiger partial charge in [-0.1, -0.05) is 11.6 Å². The average Bonchev–Trinajstić information content (AvgIpc) is 3.21. The summed E-state index contributed by atoms with van der Waals surface area (Å²) < 4.78 is 10.2. The zero-order valence-corrected chi connectivity index (χ0v) is 15.2. The van der Waals surface area contributed by atoms with Crippen LogP contribution in [0.4, 0.5) is 0 Å². The van der Waals surface area contributed by atoms with Gasteiger partial charge in [0.15, 0.2) is 11.2 Å². The molecule has 0 saturated carbocycles. The molecule has 0 radical (unpaired) electrons. The molecule has 0 spiro atoms. The van der Waals surface area contributed by atoms with Crippen molar-refractivity contribution in [2.45, 2.75) is 39.3 Å². The van der Waals surface area contributed by atoms with Crippen molar-refractivity contribution < 1.29 is 4.74 Å². The van der Waals surface area contributed by atoms with Gasteiger partial charge in [-0.05, 0) is 33.2 Å². The molecule has 0 bridgehead atoms. The van der Waals surface area contributed by atoms with E-state index in [1.54, 1.807) is 11.6 Å². The molecule has 1 saturated heterocycles. The average molecular weight is 347 g/mol. The van der Waals surface area contributed by atoms with Gasteiger partial charge in [0.25, 0.3) is 11.6 Å². The molecule has 1 aliphatic heterocycles. The molecule has 136 valence electrons. The Morgan fingerprint density at radius 3 is 2.72 bits per heavy atom. The molecule has 25 heavy (non-hydrogen) atoms. The molecule has 1 aliphatic rings. The van der Waals surface area contributed by atoms with Crippen LogP contribution < -0.4 is 21.3 Å². The Morgan fingerprint density at radius 1 is 1.32 bits per heavy atom. The summed E-state index contributed by atoms with van der Waals surface area (Å²) in [4.78, 5) is 29.3. The van der Waals surface area contributed by atoms with E-state index in [9.17, 15) is 9.59 Å². The van der Waals surface area contributed by atoms with Crippen molar-refractivity contribution in [1.29, 1.82) is 0 Å². The standard InChI is InChI=1S/C17H25N5O3/c1-11(2)7-9-22-13-14(20(3)17(24)21(4)15(13)23)19-16(22)25-10-12-6-5-8-18-12/h7,12,18H,5-6,8-10H2,1-4H3/t12-/m0/s1. The number of nitrogens with one attached hydrogen (secondary N) is 1. The van der Waals surface area contributed by atoms with E-state index in [1.165, 1.54) is 11.6 Å². The number of fused-ring (bicyclic) bond motifs is 1. The fourth-order valence-electron chi connectivity index (χ4n) is 3.05. The Morgan fingerprint density at radius 2 is 2.08 bits per heavy atom. The van der Waals surface area contributed by atoms with Crippen LogP contribution in [0.5, 0.6) is 6.01 Å². The van der Waals surface area contributed by atoms with Crippen LogP contribution in [-0.2, 0) is 20.6 Å². The summed E-state index contributed by atoms with van der Waals surface area (Å²) in [6.45, 7) is 5.95. The Hall–Kier alpha value is -2.35. The molecule has 0 aliphatic carbocycles. The van der Waals surface area contributed by atoms with E-state index in [2.05, 4.69) is 10.3 Å². The highest BCUT2D eigenvalue weighted by Crippen LogP contribution is 2.19. The summed E-state index contributed by atoms with van der Waals surface area (Å²) in [6, 6.07) is 0.669. The number of rotatable bonds is 5. The second kappa shape index (κ2) is 6.87. The summed E-state index contributed by atoms with van der Waals surface area (Å²) in [7, 11) is 3.09. The molecular formula is C17H25N5O3. The molecule has 3 rings (SSSR count). The molecule has 0 amide bonds. The van der Waals surface area contributed by atoms with Gasteiger partial charge in [-0.2, -0.15) is 4.98 Å². The molecule has 8 heteroatoms. The van der Waals surface area contributed by atoms with Crippen LogP contribution in [0.25, 0.3) is 11.2 Å². The summed E-state index contributed by atoms with van der Waals surface area (Å²) in [5.74, 6) is 0. The lowest BCUT2D eigenvalue weighted by Gasteiger charge is -2.12. The Bertz CT molecular complexity index is 924. The number of aromatic nitrogens is 4. The van der Waals surface area contributed by atoms with Gasteiger partial charge in [0.1, 0.15) is 6.61 Å². The highest BCUT2D eigenvalue weighted by Gasteiger charge is 2.21. The van der Waals surface area contributed by atoms with E-state index >= 15 is 0 Å². The van der Waals surface area contributed by atoms with Gasteiger partial charge >= 0.3 is 5.69 Å². The van der Waals surface area contributed by atoms with Gasteiger partial charge in [-0.15, -0.1) is 0 Å². The molecule has 1 N–H and O–H groups in total. The van der Waals surface area contributed by atoms with Crippen LogP contribution in [0, 0.1) is 0 Å². The Balaban J connectivity index is 2.10. The normalized spacial score (nSPS) is 17.2. The number of nitrogens with zero attached hydrogens (tertiary/aromatic N) is 4. The van der Waals surface area contributed by atoms with Gasteiger partial charge < -0.3 is 10.1 Å². The first-order valence-corrected chi connectivity index (χ1v) is 8.56. The smallest absolute Gasteiger partial charge is 0.332 e. The summed E-state index contributed by atoms with van der Waals surface area (Å²) >= 11 is 0. The topological polar surface area (TPSA) is 83.1 Å². The van der Waals surface area contributed by atoms with Crippen molar-refractivity contribution in [2.24, 2.45) is 14.1 Å². The first-order chi connectivity index (χ1) is 11.9. The summed E-state index contributed by atoms with van der Waals surface area (Å²) in [6.07, 6.45) is 4.21. The van der Waals surface area contributed by atoms with Crippen molar-refractivity contribution in [2.75, 3.05) is 13.2 Å². The highest BCUT2D eigenvalue weighted by molar-refractivity contribution is 5.72. The maximum absolute atomic E-state index is 12.6. The van der Waals surface area contributed by atoms with Crippen LogP contribution in [0.3, 0.4) is 0 Å². The molecule has 2 aromatic heterocycles. The van der Waals surface area contributed by atoms with Crippen LogP contribution in [0.2, 0.25) is 0 Å². The van der Waals surface area contributed by atoms with Gasteiger partial charge in [0, 0.05) is 26.7 Å². The third-order valence-electron chi connectivity index (χ3n) is 4.57. The fraction of sp³-hybridized carbons (Fsp3) is 0.588.